The van der Waals surface area contributed by atoms with Crippen LogP contribution in [0.15, 0.2) is 36.5 Å². The molecule has 0 saturated carbocycles. The lowest BCUT2D eigenvalue weighted by Crippen LogP contribution is -2.11. The van der Waals surface area contributed by atoms with Crippen LogP contribution >= 0.6 is 12.2 Å². The topological polar surface area (TPSA) is 53.1 Å². The molecule has 1 aromatic carbocycles. The summed E-state index contributed by atoms with van der Waals surface area (Å²) in [6.45, 7) is 3.30. The van der Waals surface area contributed by atoms with Crippen LogP contribution in [0.5, 0.6) is 5.75 Å². The Morgan fingerprint density at radius 2 is 2.05 bits per heavy atom. The van der Waals surface area contributed by atoms with Crippen LogP contribution in [-0.2, 0) is 13.0 Å². The third-order valence-corrected chi connectivity index (χ3v) is 2.81. The molecule has 1 heterocycles. The quantitative estimate of drug-likeness (QED) is 0.820. The number of nitrogens with two attached hydrogens (primary N) is 1. The maximum Gasteiger partial charge on any atom is 0.119 e. The lowest BCUT2D eigenvalue weighted by atomic mass is 10.1. The van der Waals surface area contributed by atoms with Gasteiger partial charge in [-0.15, -0.1) is 0 Å². The van der Waals surface area contributed by atoms with E-state index in [4.69, 9.17) is 22.7 Å². The zero-order valence-corrected chi connectivity index (χ0v) is 11.7. The highest BCUT2D eigenvalue weighted by molar-refractivity contribution is 7.80. The number of rotatable bonds is 6. The molecule has 4 nitrogen and oxygen atoms in total. The van der Waals surface area contributed by atoms with Gasteiger partial charge in [-0.05, 0) is 30.7 Å². The normalized spacial score (nSPS) is 10.4. The van der Waals surface area contributed by atoms with Gasteiger partial charge in [0.05, 0.1) is 17.2 Å². The minimum atomic E-state index is 0.503. The van der Waals surface area contributed by atoms with Crippen LogP contribution in [0.3, 0.4) is 0 Å². The molecule has 2 aromatic rings. The van der Waals surface area contributed by atoms with E-state index in [2.05, 4.69) is 5.10 Å². The van der Waals surface area contributed by atoms with Crippen LogP contribution in [0.2, 0.25) is 0 Å². The predicted octanol–water partition coefficient (Wildman–Crippen LogP) is 2.10. The van der Waals surface area contributed by atoms with E-state index in [0.29, 0.717) is 18.0 Å². The molecule has 0 bridgehead atoms. The van der Waals surface area contributed by atoms with Gasteiger partial charge in [0.15, 0.2) is 0 Å². The van der Waals surface area contributed by atoms with E-state index < -0.39 is 0 Å². The second-order valence-corrected chi connectivity index (χ2v) is 4.88. The summed E-state index contributed by atoms with van der Waals surface area (Å²) in [6, 6.07) is 9.80. The standard InChI is InChI=1S/C14H17N3OS/c1-11-6-7-17(16-11)8-9-18-13-4-2-12(3-5-13)10-14(15)19/h2-7H,8-10H2,1H3,(H2,15,19). The molecule has 0 saturated heterocycles. The molecule has 2 N–H and O–H groups in total. The van der Waals surface area contributed by atoms with Gasteiger partial charge in [0.2, 0.25) is 0 Å². The summed E-state index contributed by atoms with van der Waals surface area (Å²) in [5, 5.41) is 4.30. The first kappa shape index (κ1) is 13.5. The van der Waals surface area contributed by atoms with Crippen molar-refractivity contribution in [3.63, 3.8) is 0 Å². The Morgan fingerprint density at radius 1 is 1.32 bits per heavy atom. The van der Waals surface area contributed by atoms with Crippen molar-refractivity contribution in [1.82, 2.24) is 9.78 Å². The maximum atomic E-state index is 5.65. The van der Waals surface area contributed by atoms with Crippen molar-refractivity contribution >= 4 is 17.2 Å². The first-order chi connectivity index (χ1) is 9.13. The average molecular weight is 275 g/mol. The molecule has 0 unspecified atom stereocenters. The fourth-order valence-corrected chi connectivity index (χ4v) is 1.92. The van der Waals surface area contributed by atoms with Gasteiger partial charge in [0.1, 0.15) is 12.4 Å². The molecule has 0 fully saturated rings. The third-order valence-electron chi connectivity index (χ3n) is 2.66. The third kappa shape index (κ3) is 4.37. The zero-order valence-electron chi connectivity index (χ0n) is 10.9. The molecule has 1 aromatic heterocycles. The van der Waals surface area contributed by atoms with Crippen molar-refractivity contribution in [3.05, 3.63) is 47.8 Å². The van der Waals surface area contributed by atoms with Gasteiger partial charge < -0.3 is 10.5 Å². The highest BCUT2D eigenvalue weighted by atomic mass is 32.1. The number of nitrogens with zero attached hydrogens (tertiary/aromatic N) is 2. The fraction of sp³-hybridized carbons (Fsp3) is 0.286. The molecule has 0 amide bonds. The number of hydrogen-bond acceptors (Lipinski definition) is 3. The molecule has 0 aliphatic rings. The number of ether oxygens (including phenoxy) is 1. The maximum absolute atomic E-state index is 5.65. The summed E-state index contributed by atoms with van der Waals surface area (Å²) in [7, 11) is 0. The van der Waals surface area contributed by atoms with Crippen LogP contribution in [0.25, 0.3) is 0 Å². The Morgan fingerprint density at radius 3 is 2.63 bits per heavy atom. The minimum absolute atomic E-state index is 0.503. The molecule has 0 aliphatic carbocycles. The van der Waals surface area contributed by atoms with Gasteiger partial charge in [-0.1, -0.05) is 24.4 Å². The summed E-state index contributed by atoms with van der Waals surface area (Å²) >= 11 is 4.87. The summed E-state index contributed by atoms with van der Waals surface area (Å²) in [5.41, 5.74) is 7.62. The first-order valence-electron chi connectivity index (χ1n) is 6.13. The number of aromatic nitrogens is 2. The molecule has 0 radical (unpaired) electrons. The molecule has 5 heteroatoms. The fourth-order valence-electron chi connectivity index (χ4n) is 1.75. The number of aryl methyl sites for hydroxylation is 1. The predicted molar refractivity (Wildman–Crippen MR) is 79.4 cm³/mol. The molecule has 100 valence electrons. The van der Waals surface area contributed by atoms with E-state index in [1.807, 2.05) is 48.1 Å². The Balaban J connectivity index is 1.81. The van der Waals surface area contributed by atoms with Gasteiger partial charge in [0.25, 0.3) is 0 Å². The largest absolute Gasteiger partial charge is 0.492 e. The molecular formula is C14H17N3OS. The van der Waals surface area contributed by atoms with Crippen molar-refractivity contribution in [2.45, 2.75) is 19.9 Å². The molecule has 2 rings (SSSR count). The van der Waals surface area contributed by atoms with Gasteiger partial charge in [0, 0.05) is 12.6 Å². The smallest absolute Gasteiger partial charge is 0.119 e. The van der Waals surface area contributed by atoms with E-state index in [1.165, 1.54) is 0 Å². The Kier molecular flexibility index (Phi) is 4.52. The van der Waals surface area contributed by atoms with E-state index in [9.17, 15) is 0 Å². The number of benzene rings is 1. The molecule has 0 spiro atoms. The van der Waals surface area contributed by atoms with Crippen molar-refractivity contribution < 1.29 is 4.74 Å². The van der Waals surface area contributed by atoms with Crippen LogP contribution < -0.4 is 10.5 Å². The Hall–Kier alpha value is -1.88. The molecular weight excluding hydrogens is 258 g/mol. The highest BCUT2D eigenvalue weighted by Gasteiger charge is 1.98. The SMILES string of the molecule is Cc1ccn(CCOc2ccc(CC(N)=S)cc2)n1. The molecule has 0 aliphatic heterocycles. The Labute approximate surface area is 118 Å². The Bertz CT molecular complexity index is 548. The van der Waals surface area contributed by atoms with Crippen LogP contribution in [0.4, 0.5) is 0 Å². The summed E-state index contributed by atoms with van der Waals surface area (Å²) < 4.78 is 7.53. The summed E-state index contributed by atoms with van der Waals surface area (Å²) in [4.78, 5) is 0.503. The van der Waals surface area contributed by atoms with E-state index >= 15 is 0 Å². The van der Waals surface area contributed by atoms with Gasteiger partial charge >= 0.3 is 0 Å². The minimum Gasteiger partial charge on any atom is -0.492 e. The van der Waals surface area contributed by atoms with E-state index in [1.54, 1.807) is 0 Å². The second-order valence-electron chi connectivity index (χ2n) is 4.36. The first-order valence-corrected chi connectivity index (χ1v) is 6.54. The van der Waals surface area contributed by atoms with Crippen molar-refractivity contribution in [2.24, 2.45) is 5.73 Å². The van der Waals surface area contributed by atoms with Crippen LogP contribution in [0.1, 0.15) is 11.3 Å². The second kappa shape index (κ2) is 6.33. The van der Waals surface area contributed by atoms with Crippen LogP contribution in [0, 0.1) is 6.92 Å². The monoisotopic (exact) mass is 275 g/mol. The van der Waals surface area contributed by atoms with Gasteiger partial charge in [-0.25, -0.2) is 0 Å². The van der Waals surface area contributed by atoms with Gasteiger partial charge in [-0.2, -0.15) is 5.10 Å². The van der Waals surface area contributed by atoms with Gasteiger partial charge in [-0.3, -0.25) is 4.68 Å². The summed E-state index contributed by atoms with van der Waals surface area (Å²) in [6.07, 6.45) is 2.58. The highest BCUT2D eigenvalue weighted by Crippen LogP contribution is 2.12. The van der Waals surface area contributed by atoms with E-state index in [-0.39, 0.29) is 0 Å². The van der Waals surface area contributed by atoms with Crippen molar-refractivity contribution in [2.75, 3.05) is 6.61 Å². The average Bonchev–Trinajstić information content (AvgIpc) is 2.77. The van der Waals surface area contributed by atoms with Crippen LogP contribution in [-0.4, -0.2) is 21.4 Å². The summed E-state index contributed by atoms with van der Waals surface area (Å²) in [5.74, 6) is 0.843. The zero-order chi connectivity index (χ0) is 13.7. The van der Waals surface area contributed by atoms with Crippen molar-refractivity contribution in [3.8, 4) is 5.75 Å². The molecule has 0 atom stereocenters. The van der Waals surface area contributed by atoms with Crippen molar-refractivity contribution in [1.29, 1.82) is 0 Å². The van der Waals surface area contributed by atoms with E-state index in [0.717, 1.165) is 23.6 Å². The number of hydrogen-bond donors (Lipinski definition) is 1. The lowest BCUT2D eigenvalue weighted by Gasteiger charge is -2.07. The lowest BCUT2D eigenvalue weighted by molar-refractivity contribution is 0.291. The number of thiocarbonyl (C=S) groups is 1. The molecule has 19 heavy (non-hydrogen) atoms.